The van der Waals surface area contributed by atoms with Gasteiger partial charge in [-0.05, 0) is 66.2 Å². The van der Waals surface area contributed by atoms with E-state index < -0.39 is 23.7 Å². The fourth-order valence-corrected chi connectivity index (χ4v) is 3.50. The Morgan fingerprint density at radius 1 is 1.09 bits per heavy atom. The Hall–Kier alpha value is -4.37. The van der Waals surface area contributed by atoms with Crippen LogP contribution in [0.3, 0.4) is 0 Å². The summed E-state index contributed by atoms with van der Waals surface area (Å²) in [4.78, 5) is 38.3. The molecule has 0 radical (unpaired) electrons. The highest BCUT2D eigenvalue weighted by atomic mass is 35.5. The summed E-state index contributed by atoms with van der Waals surface area (Å²) >= 11 is 5.98. The first-order valence-electron chi connectivity index (χ1n) is 10.3. The van der Waals surface area contributed by atoms with Crippen LogP contribution in [0.25, 0.3) is 6.08 Å². The predicted molar refractivity (Wildman–Crippen MR) is 129 cm³/mol. The van der Waals surface area contributed by atoms with E-state index in [1.807, 2.05) is 0 Å². The summed E-state index contributed by atoms with van der Waals surface area (Å²) in [5.74, 6) is -0.766. The minimum Gasteiger partial charge on any atom is -0.493 e. The number of nitrogens with zero attached hydrogens (tertiary/aromatic N) is 1. The summed E-state index contributed by atoms with van der Waals surface area (Å²) in [5.41, 5.74) is 1.42. The number of ether oxygens (including phenoxy) is 2. The van der Waals surface area contributed by atoms with Crippen LogP contribution in [-0.4, -0.2) is 31.6 Å². The molecule has 3 aromatic carbocycles. The van der Waals surface area contributed by atoms with Gasteiger partial charge < -0.3 is 20.1 Å². The van der Waals surface area contributed by atoms with Crippen LogP contribution < -0.4 is 25.0 Å². The smallest absolute Gasteiger partial charge is 0.333 e. The number of halogens is 2. The largest absolute Gasteiger partial charge is 0.493 e. The maximum Gasteiger partial charge on any atom is 0.333 e. The van der Waals surface area contributed by atoms with E-state index in [0.29, 0.717) is 33.5 Å². The molecule has 1 fully saturated rings. The van der Waals surface area contributed by atoms with Crippen LogP contribution in [-0.2, 0) is 9.59 Å². The van der Waals surface area contributed by atoms with Gasteiger partial charge in [0.2, 0.25) is 0 Å². The highest BCUT2D eigenvalue weighted by Gasteiger charge is 2.35. The molecule has 35 heavy (non-hydrogen) atoms. The summed E-state index contributed by atoms with van der Waals surface area (Å²) in [6.45, 7) is -0.308. The topological polar surface area (TPSA) is 97.0 Å². The van der Waals surface area contributed by atoms with E-state index >= 15 is 0 Å². The minimum atomic E-state index is -0.595. The Kier molecular flexibility index (Phi) is 6.98. The number of carbonyl (C=O) groups is 3. The lowest BCUT2D eigenvalue weighted by Crippen LogP contribution is -2.30. The molecule has 1 saturated heterocycles. The maximum absolute atomic E-state index is 13.0. The molecule has 0 spiro atoms. The second-order valence-corrected chi connectivity index (χ2v) is 7.80. The van der Waals surface area contributed by atoms with E-state index in [9.17, 15) is 18.8 Å². The molecular formula is C25H19ClFN3O5. The van der Waals surface area contributed by atoms with Gasteiger partial charge in [-0.3, -0.25) is 9.59 Å². The number of urea groups is 1. The fourth-order valence-electron chi connectivity index (χ4n) is 3.32. The SMILES string of the molecule is COc1cc(/C=C2/NC(=O)N(c3cccc(Cl)c3)C2=O)ccc1OCC(=O)Nc1ccc(F)cc1. The first-order valence-corrected chi connectivity index (χ1v) is 10.7. The highest BCUT2D eigenvalue weighted by molar-refractivity contribution is 6.32. The van der Waals surface area contributed by atoms with Gasteiger partial charge in [0, 0.05) is 10.7 Å². The third kappa shape index (κ3) is 5.59. The quantitative estimate of drug-likeness (QED) is 0.369. The normalized spacial score (nSPS) is 14.1. The van der Waals surface area contributed by atoms with Crippen LogP contribution in [0.2, 0.25) is 5.02 Å². The van der Waals surface area contributed by atoms with Gasteiger partial charge in [0.05, 0.1) is 12.8 Å². The van der Waals surface area contributed by atoms with Crippen LogP contribution in [0.15, 0.2) is 72.4 Å². The number of amides is 4. The molecule has 2 N–H and O–H groups in total. The van der Waals surface area contributed by atoms with Crippen LogP contribution in [0.1, 0.15) is 5.56 Å². The zero-order valence-corrected chi connectivity index (χ0v) is 19.1. The van der Waals surface area contributed by atoms with Gasteiger partial charge in [0.15, 0.2) is 18.1 Å². The lowest BCUT2D eigenvalue weighted by Gasteiger charge is -2.12. The van der Waals surface area contributed by atoms with Gasteiger partial charge in [-0.15, -0.1) is 0 Å². The Morgan fingerprint density at radius 2 is 1.86 bits per heavy atom. The van der Waals surface area contributed by atoms with Crippen molar-refractivity contribution in [2.45, 2.75) is 0 Å². The zero-order valence-electron chi connectivity index (χ0n) is 18.4. The number of imide groups is 1. The van der Waals surface area contributed by atoms with Crippen molar-refractivity contribution in [3.63, 3.8) is 0 Å². The van der Waals surface area contributed by atoms with Crippen molar-refractivity contribution >= 4 is 46.9 Å². The van der Waals surface area contributed by atoms with E-state index in [2.05, 4.69) is 10.6 Å². The molecule has 0 bridgehead atoms. The Balaban J connectivity index is 1.45. The molecule has 10 heteroatoms. The van der Waals surface area contributed by atoms with Crippen molar-refractivity contribution in [2.24, 2.45) is 0 Å². The lowest BCUT2D eigenvalue weighted by atomic mass is 10.1. The van der Waals surface area contributed by atoms with Gasteiger partial charge >= 0.3 is 6.03 Å². The van der Waals surface area contributed by atoms with E-state index in [1.54, 1.807) is 36.4 Å². The van der Waals surface area contributed by atoms with E-state index in [1.165, 1.54) is 43.5 Å². The fraction of sp³-hybridized carbons (Fsp3) is 0.0800. The molecule has 4 rings (SSSR count). The average molecular weight is 496 g/mol. The minimum absolute atomic E-state index is 0.0735. The molecule has 4 amide bonds. The Morgan fingerprint density at radius 3 is 2.57 bits per heavy atom. The zero-order chi connectivity index (χ0) is 24.9. The van der Waals surface area contributed by atoms with E-state index in [-0.39, 0.29) is 12.3 Å². The summed E-state index contributed by atoms with van der Waals surface area (Å²) in [7, 11) is 1.43. The number of benzene rings is 3. The standard InChI is InChI=1S/C25H19ClFN3O5/c1-34-22-12-15(5-10-21(22)35-14-23(31)28-18-8-6-17(27)7-9-18)11-20-24(32)30(25(33)29-20)19-4-2-3-16(26)13-19/h2-13H,14H2,1H3,(H,28,31)(H,29,33)/b20-11+. The first-order chi connectivity index (χ1) is 16.8. The summed E-state index contributed by atoms with van der Waals surface area (Å²) in [6.07, 6.45) is 1.50. The third-order valence-corrected chi connectivity index (χ3v) is 5.17. The Labute approximate surface area is 204 Å². The molecule has 1 aliphatic heterocycles. The number of hydrogen-bond donors (Lipinski definition) is 2. The Bertz CT molecular complexity index is 1330. The molecule has 3 aromatic rings. The third-order valence-electron chi connectivity index (χ3n) is 4.93. The van der Waals surface area contributed by atoms with Crippen molar-refractivity contribution in [2.75, 3.05) is 23.9 Å². The highest BCUT2D eigenvalue weighted by Crippen LogP contribution is 2.30. The molecule has 0 unspecified atom stereocenters. The number of anilines is 2. The van der Waals surface area contributed by atoms with Gasteiger partial charge in [0.1, 0.15) is 11.5 Å². The predicted octanol–water partition coefficient (Wildman–Crippen LogP) is 4.60. The van der Waals surface area contributed by atoms with Crippen LogP contribution in [0, 0.1) is 5.82 Å². The monoisotopic (exact) mass is 495 g/mol. The van der Waals surface area contributed by atoms with Crippen molar-refractivity contribution < 1.29 is 28.2 Å². The van der Waals surface area contributed by atoms with Gasteiger partial charge in [-0.25, -0.2) is 14.1 Å². The lowest BCUT2D eigenvalue weighted by molar-refractivity contribution is -0.118. The van der Waals surface area contributed by atoms with E-state index in [4.69, 9.17) is 21.1 Å². The van der Waals surface area contributed by atoms with Crippen molar-refractivity contribution in [1.82, 2.24) is 5.32 Å². The molecule has 0 saturated carbocycles. The maximum atomic E-state index is 13.0. The van der Waals surface area contributed by atoms with Gasteiger partial charge in [0.25, 0.3) is 11.8 Å². The van der Waals surface area contributed by atoms with Crippen molar-refractivity contribution in [1.29, 1.82) is 0 Å². The van der Waals surface area contributed by atoms with Crippen LogP contribution >= 0.6 is 11.6 Å². The molecule has 0 atom stereocenters. The van der Waals surface area contributed by atoms with E-state index in [0.717, 1.165) is 4.90 Å². The second kappa shape index (κ2) is 10.3. The molecule has 8 nitrogen and oxygen atoms in total. The summed E-state index contributed by atoms with van der Waals surface area (Å²) in [5, 5.41) is 5.54. The summed E-state index contributed by atoms with van der Waals surface area (Å²) in [6, 6.07) is 16.0. The summed E-state index contributed by atoms with van der Waals surface area (Å²) < 4.78 is 23.9. The number of nitrogens with one attached hydrogen (secondary N) is 2. The van der Waals surface area contributed by atoms with Gasteiger partial charge in [-0.1, -0.05) is 23.7 Å². The van der Waals surface area contributed by atoms with Crippen LogP contribution in [0.5, 0.6) is 11.5 Å². The molecule has 0 aromatic heterocycles. The average Bonchev–Trinajstić information content (AvgIpc) is 3.12. The molecule has 1 heterocycles. The van der Waals surface area contributed by atoms with Crippen molar-refractivity contribution in [3.05, 3.63) is 88.8 Å². The van der Waals surface area contributed by atoms with Gasteiger partial charge in [-0.2, -0.15) is 0 Å². The number of methoxy groups -OCH3 is 1. The molecule has 178 valence electrons. The molecular weight excluding hydrogens is 477 g/mol. The number of rotatable bonds is 7. The number of carbonyl (C=O) groups excluding carboxylic acids is 3. The molecule has 0 aliphatic carbocycles. The number of hydrogen-bond acceptors (Lipinski definition) is 5. The first kappa shape index (κ1) is 23.8. The molecule has 1 aliphatic rings. The van der Waals surface area contributed by atoms with Crippen molar-refractivity contribution in [3.8, 4) is 11.5 Å². The van der Waals surface area contributed by atoms with Crippen LogP contribution in [0.4, 0.5) is 20.6 Å². The second-order valence-electron chi connectivity index (χ2n) is 7.36.